The second-order valence-electron chi connectivity index (χ2n) is 8.10. The molecule has 0 radical (unpaired) electrons. The van der Waals surface area contributed by atoms with E-state index in [1.165, 1.54) is 0 Å². The van der Waals surface area contributed by atoms with Crippen LogP contribution in [0.15, 0.2) is 29.3 Å². The third-order valence-corrected chi connectivity index (χ3v) is 6.04. The Kier molecular flexibility index (Phi) is 9.83. The zero-order valence-corrected chi connectivity index (χ0v) is 20.8. The fraction of sp³-hybridized carbons (Fsp3) is 0.636. The second kappa shape index (κ2) is 11.9. The van der Waals surface area contributed by atoms with Gasteiger partial charge >= 0.3 is 0 Å². The molecule has 2 fully saturated rings. The van der Waals surface area contributed by atoms with Crippen LogP contribution in [-0.2, 0) is 16.1 Å². The molecule has 8 heteroatoms. The molecule has 0 aliphatic carbocycles. The molecular weight excluding hydrogens is 493 g/mol. The van der Waals surface area contributed by atoms with Crippen LogP contribution >= 0.6 is 24.0 Å². The number of benzene rings is 1. The lowest BCUT2D eigenvalue weighted by Gasteiger charge is -2.43. The van der Waals surface area contributed by atoms with E-state index in [0.29, 0.717) is 13.0 Å². The van der Waals surface area contributed by atoms with E-state index >= 15 is 0 Å². The van der Waals surface area contributed by atoms with Crippen LogP contribution in [-0.4, -0.2) is 69.2 Å². The molecule has 0 unspecified atom stereocenters. The van der Waals surface area contributed by atoms with Crippen molar-refractivity contribution in [3.05, 3.63) is 29.8 Å². The van der Waals surface area contributed by atoms with Crippen molar-refractivity contribution < 1.29 is 9.53 Å². The van der Waals surface area contributed by atoms with E-state index in [1.54, 1.807) is 0 Å². The largest absolute Gasteiger partial charge is 0.381 e. The summed E-state index contributed by atoms with van der Waals surface area (Å²) in [6.07, 6.45) is 3.64. The molecule has 7 nitrogen and oxygen atoms in total. The van der Waals surface area contributed by atoms with Crippen LogP contribution in [0, 0.1) is 0 Å². The Morgan fingerprint density at radius 1 is 1.20 bits per heavy atom. The molecule has 0 aromatic heterocycles. The lowest BCUT2D eigenvalue weighted by atomic mass is 9.88. The molecule has 0 saturated carbocycles. The first kappa shape index (κ1) is 24.9. The summed E-state index contributed by atoms with van der Waals surface area (Å²) in [7, 11) is 4.29. The average molecular weight is 529 g/mol. The highest BCUT2D eigenvalue weighted by Gasteiger charge is 2.34. The average Bonchev–Trinajstić information content (AvgIpc) is 3.17. The molecule has 0 spiro atoms. The molecule has 2 aliphatic rings. The predicted octanol–water partition coefficient (Wildman–Crippen LogP) is 2.60. The predicted molar refractivity (Wildman–Crippen MR) is 133 cm³/mol. The normalized spacial score (nSPS) is 19.0. The maximum atomic E-state index is 11.9. The summed E-state index contributed by atoms with van der Waals surface area (Å²) in [5.41, 5.74) is 2.21. The number of nitrogens with one attached hydrogen (secondary N) is 2. The van der Waals surface area contributed by atoms with Gasteiger partial charge < -0.3 is 25.2 Å². The second-order valence-corrected chi connectivity index (χ2v) is 8.10. The Hall–Kier alpha value is -1.39. The molecule has 1 aromatic rings. The SMILES string of the molecule is CCNC(=NCc1ccc(N2CCCC2=O)cc1)NCC1(N(C)C)CCOCC1.I. The monoisotopic (exact) mass is 529 g/mol. The van der Waals surface area contributed by atoms with Crippen LogP contribution in [0.1, 0.15) is 38.2 Å². The molecule has 2 N–H and O–H groups in total. The summed E-state index contributed by atoms with van der Waals surface area (Å²) in [4.78, 5) is 20.8. The first-order valence-electron chi connectivity index (χ1n) is 10.7. The minimum absolute atomic E-state index is 0. The summed E-state index contributed by atoms with van der Waals surface area (Å²) in [5, 5.41) is 6.88. The molecule has 2 heterocycles. The van der Waals surface area contributed by atoms with E-state index < -0.39 is 0 Å². The Balaban J connectivity index is 0.00000320. The van der Waals surface area contributed by atoms with E-state index in [9.17, 15) is 4.79 Å². The number of anilines is 1. The van der Waals surface area contributed by atoms with Crippen LogP contribution in [0.25, 0.3) is 0 Å². The fourth-order valence-corrected chi connectivity index (χ4v) is 4.00. The molecular formula is C22H36IN5O2. The fourth-order valence-electron chi connectivity index (χ4n) is 4.00. The van der Waals surface area contributed by atoms with Gasteiger partial charge in [-0.25, -0.2) is 4.99 Å². The number of hydrogen-bond donors (Lipinski definition) is 2. The minimum Gasteiger partial charge on any atom is -0.381 e. The lowest BCUT2D eigenvalue weighted by molar-refractivity contribution is -0.117. The van der Waals surface area contributed by atoms with Gasteiger partial charge in [0.2, 0.25) is 5.91 Å². The van der Waals surface area contributed by atoms with Crippen LogP contribution in [0.5, 0.6) is 0 Å². The quantitative estimate of drug-likeness (QED) is 0.323. The van der Waals surface area contributed by atoms with Crippen LogP contribution in [0.2, 0.25) is 0 Å². The van der Waals surface area contributed by atoms with Gasteiger partial charge in [0.15, 0.2) is 5.96 Å². The van der Waals surface area contributed by atoms with Gasteiger partial charge in [0, 0.05) is 50.5 Å². The Morgan fingerprint density at radius 2 is 1.90 bits per heavy atom. The van der Waals surface area contributed by atoms with E-state index in [1.807, 2.05) is 17.0 Å². The van der Waals surface area contributed by atoms with Gasteiger partial charge in [0.25, 0.3) is 0 Å². The van der Waals surface area contributed by atoms with Crippen molar-refractivity contribution in [3.63, 3.8) is 0 Å². The van der Waals surface area contributed by atoms with Crippen LogP contribution in [0.3, 0.4) is 0 Å². The van der Waals surface area contributed by atoms with E-state index in [4.69, 9.17) is 9.73 Å². The zero-order valence-electron chi connectivity index (χ0n) is 18.4. The summed E-state index contributed by atoms with van der Waals surface area (Å²) in [6, 6.07) is 8.18. The topological polar surface area (TPSA) is 69.2 Å². The van der Waals surface area contributed by atoms with Crippen LogP contribution < -0.4 is 15.5 Å². The third-order valence-electron chi connectivity index (χ3n) is 6.04. The molecule has 0 bridgehead atoms. The van der Waals surface area contributed by atoms with Crippen molar-refractivity contribution in [2.24, 2.45) is 4.99 Å². The number of guanidine groups is 1. The van der Waals surface area contributed by atoms with E-state index in [0.717, 1.165) is 69.3 Å². The molecule has 2 aliphatic heterocycles. The van der Waals surface area contributed by atoms with Gasteiger partial charge in [-0.15, -0.1) is 24.0 Å². The standard InChI is InChI=1S/C22H35N5O2.HI/c1-4-23-21(25-17-22(26(2)3)11-14-29-15-12-22)24-16-18-7-9-19(10-8-18)27-13-5-6-20(27)28;/h7-10H,4-6,11-17H2,1-3H3,(H2,23,24,25);1H. The number of carbonyl (C=O) groups excluding carboxylic acids is 1. The zero-order chi connectivity index (χ0) is 20.7. The highest BCUT2D eigenvalue weighted by molar-refractivity contribution is 14.0. The van der Waals surface area contributed by atoms with Gasteiger partial charge in [-0.05, 0) is 58.0 Å². The maximum absolute atomic E-state index is 11.9. The highest BCUT2D eigenvalue weighted by Crippen LogP contribution is 2.25. The molecule has 2 saturated heterocycles. The Bertz CT molecular complexity index is 702. The van der Waals surface area contributed by atoms with Crippen molar-refractivity contribution in [1.82, 2.24) is 15.5 Å². The van der Waals surface area contributed by atoms with Crippen molar-refractivity contribution >= 4 is 41.5 Å². The molecule has 1 aromatic carbocycles. The lowest BCUT2D eigenvalue weighted by Crippen LogP contribution is -2.57. The number of aliphatic imine (C=N–C) groups is 1. The highest BCUT2D eigenvalue weighted by atomic mass is 127. The number of halogens is 1. The number of nitrogens with zero attached hydrogens (tertiary/aromatic N) is 3. The first-order chi connectivity index (χ1) is 14.0. The van der Waals surface area contributed by atoms with Crippen molar-refractivity contribution in [2.75, 3.05) is 51.8 Å². The van der Waals surface area contributed by atoms with Gasteiger partial charge in [0.1, 0.15) is 0 Å². The maximum Gasteiger partial charge on any atom is 0.227 e. The number of carbonyl (C=O) groups is 1. The number of hydrogen-bond acceptors (Lipinski definition) is 4. The van der Waals surface area contributed by atoms with Gasteiger partial charge in [-0.2, -0.15) is 0 Å². The Labute approximate surface area is 197 Å². The summed E-state index contributed by atoms with van der Waals surface area (Å²) >= 11 is 0. The summed E-state index contributed by atoms with van der Waals surface area (Å²) in [6.45, 7) is 6.77. The third kappa shape index (κ3) is 6.31. The minimum atomic E-state index is 0. The first-order valence-corrected chi connectivity index (χ1v) is 10.7. The van der Waals surface area contributed by atoms with Crippen LogP contribution in [0.4, 0.5) is 5.69 Å². The number of likely N-dealkylation sites (N-methyl/N-ethyl adjacent to an activating group) is 1. The molecule has 168 valence electrons. The van der Waals surface area contributed by atoms with E-state index in [-0.39, 0.29) is 35.4 Å². The van der Waals surface area contributed by atoms with Crippen molar-refractivity contribution in [2.45, 2.75) is 44.7 Å². The van der Waals surface area contributed by atoms with Crippen molar-refractivity contribution in [3.8, 4) is 0 Å². The van der Waals surface area contributed by atoms with Crippen molar-refractivity contribution in [1.29, 1.82) is 0 Å². The van der Waals surface area contributed by atoms with Gasteiger partial charge in [-0.1, -0.05) is 12.1 Å². The number of ether oxygens (including phenoxy) is 1. The summed E-state index contributed by atoms with van der Waals surface area (Å²) < 4.78 is 5.56. The molecule has 1 amide bonds. The number of amides is 1. The number of rotatable bonds is 7. The molecule has 30 heavy (non-hydrogen) atoms. The Morgan fingerprint density at radius 3 is 2.47 bits per heavy atom. The molecule has 0 atom stereocenters. The van der Waals surface area contributed by atoms with E-state index in [2.05, 4.69) is 48.7 Å². The van der Waals surface area contributed by atoms with Gasteiger partial charge in [0.05, 0.1) is 6.54 Å². The smallest absolute Gasteiger partial charge is 0.227 e. The molecule has 3 rings (SSSR count). The summed E-state index contributed by atoms with van der Waals surface area (Å²) in [5.74, 6) is 1.05. The van der Waals surface area contributed by atoms with Gasteiger partial charge in [-0.3, -0.25) is 4.79 Å².